The highest BCUT2D eigenvalue weighted by Gasteiger charge is 2.46. The van der Waals surface area contributed by atoms with E-state index in [9.17, 15) is 19.5 Å². The molecule has 3 rings (SSSR count). The summed E-state index contributed by atoms with van der Waals surface area (Å²) in [5.41, 5.74) is 1.00. The molecule has 7 heteroatoms. The van der Waals surface area contributed by atoms with Crippen molar-refractivity contribution < 1.29 is 19.5 Å². The number of carboxylic acids is 1. The van der Waals surface area contributed by atoms with Gasteiger partial charge in [0.15, 0.2) is 0 Å². The molecular weight excluding hydrogens is 340 g/mol. The molecule has 2 N–H and O–H groups in total. The van der Waals surface area contributed by atoms with Gasteiger partial charge in [0, 0.05) is 23.5 Å². The minimum absolute atomic E-state index is 0.0788. The first-order chi connectivity index (χ1) is 11.8. The average molecular weight is 362 g/mol. The first-order valence-corrected chi connectivity index (χ1v) is 9.20. The van der Waals surface area contributed by atoms with E-state index in [1.54, 1.807) is 0 Å². The molecule has 1 aromatic carbocycles. The minimum Gasteiger partial charge on any atom is -0.480 e. The van der Waals surface area contributed by atoms with Crippen LogP contribution < -0.4 is 5.32 Å². The van der Waals surface area contributed by atoms with Gasteiger partial charge in [0.2, 0.25) is 11.8 Å². The summed E-state index contributed by atoms with van der Waals surface area (Å²) in [7, 11) is 0. The number of thioether (sulfide) groups is 1. The van der Waals surface area contributed by atoms with Crippen LogP contribution in [0.4, 0.5) is 0 Å². The van der Waals surface area contributed by atoms with Gasteiger partial charge in [-0.2, -0.15) is 0 Å². The molecular formula is C18H22N2O4S. The lowest BCUT2D eigenvalue weighted by molar-refractivity contribution is -0.148. The van der Waals surface area contributed by atoms with E-state index in [-0.39, 0.29) is 29.7 Å². The Hall–Kier alpha value is -1.86. The van der Waals surface area contributed by atoms with E-state index >= 15 is 0 Å². The molecule has 1 aromatic rings. The van der Waals surface area contributed by atoms with Gasteiger partial charge in [0.05, 0.1) is 11.9 Å². The lowest BCUT2D eigenvalue weighted by Gasteiger charge is -2.31. The largest absolute Gasteiger partial charge is 0.480 e. The summed E-state index contributed by atoms with van der Waals surface area (Å²) < 4.78 is -0.495. The second kappa shape index (κ2) is 6.80. The smallest absolute Gasteiger partial charge is 0.322 e. The zero-order chi connectivity index (χ0) is 18.2. The number of carbonyl (C=O) groups excluding carboxylic acids is 2. The number of hydrogen-bond donors (Lipinski definition) is 2. The quantitative estimate of drug-likeness (QED) is 0.795. The predicted octanol–water partition coefficient (Wildman–Crippen LogP) is 1.81. The van der Waals surface area contributed by atoms with E-state index in [4.69, 9.17) is 0 Å². The van der Waals surface area contributed by atoms with Gasteiger partial charge < -0.3 is 5.11 Å². The SMILES string of the molecule is CC1(C)SC(CN2C(=O)CC(c3ccccc3)CC2=O)N[C@H]1C(=O)O. The van der Waals surface area contributed by atoms with Crippen LogP contribution in [0.2, 0.25) is 0 Å². The highest BCUT2D eigenvalue weighted by Crippen LogP contribution is 2.39. The van der Waals surface area contributed by atoms with Crippen LogP contribution in [0.15, 0.2) is 30.3 Å². The zero-order valence-electron chi connectivity index (χ0n) is 14.3. The maximum absolute atomic E-state index is 12.5. The van der Waals surface area contributed by atoms with Crippen LogP contribution in [0.25, 0.3) is 0 Å². The standard InChI is InChI=1S/C18H22N2O4S/c1-18(2)16(17(23)24)19-13(25-18)10-20-14(21)8-12(9-15(20)22)11-6-4-3-5-7-11/h3-7,12-13,16,19H,8-10H2,1-2H3,(H,23,24)/t13?,16-/m0/s1. The number of imide groups is 1. The first-order valence-electron chi connectivity index (χ1n) is 8.33. The van der Waals surface area contributed by atoms with Crippen molar-refractivity contribution in [1.82, 2.24) is 10.2 Å². The molecule has 25 heavy (non-hydrogen) atoms. The Labute approximate surface area is 151 Å². The average Bonchev–Trinajstić information content (AvgIpc) is 2.86. The zero-order valence-corrected chi connectivity index (χ0v) is 15.1. The van der Waals surface area contributed by atoms with E-state index in [2.05, 4.69) is 5.32 Å². The molecule has 1 unspecified atom stereocenters. The summed E-state index contributed by atoms with van der Waals surface area (Å²) in [6.45, 7) is 3.92. The molecule has 0 radical (unpaired) electrons. The van der Waals surface area contributed by atoms with Crippen molar-refractivity contribution in [1.29, 1.82) is 0 Å². The van der Waals surface area contributed by atoms with Crippen molar-refractivity contribution in [2.75, 3.05) is 6.54 Å². The van der Waals surface area contributed by atoms with Crippen LogP contribution in [0.1, 0.15) is 38.2 Å². The van der Waals surface area contributed by atoms with Gasteiger partial charge in [-0.05, 0) is 19.4 Å². The molecule has 0 saturated carbocycles. The molecule has 2 atom stereocenters. The maximum Gasteiger partial charge on any atom is 0.322 e. The summed E-state index contributed by atoms with van der Waals surface area (Å²) in [6, 6.07) is 8.90. The molecule has 0 spiro atoms. The molecule has 0 aromatic heterocycles. The third-order valence-electron chi connectivity index (χ3n) is 4.80. The molecule has 2 heterocycles. The van der Waals surface area contributed by atoms with Crippen molar-refractivity contribution >= 4 is 29.5 Å². The summed E-state index contributed by atoms with van der Waals surface area (Å²) in [6.07, 6.45) is 0.609. The maximum atomic E-state index is 12.5. The lowest BCUT2D eigenvalue weighted by Crippen LogP contribution is -2.50. The number of nitrogens with zero attached hydrogens (tertiary/aromatic N) is 1. The number of aliphatic carboxylic acids is 1. The molecule has 0 bridgehead atoms. The van der Waals surface area contributed by atoms with Gasteiger partial charge >= 0.3 is 5.97 Å². The van der Waals surface area contributed by atoms with Crippen molar-refractivity contribution in [3.05, 3.63) is 35.9 Å². The summed E-state index contributed by atoms with van der Waals surface area (Å²) >= 11 is 1.46. The van der Waals surface area contributed by atoms with Crippen molar-refractivity contribution in [3.8, 4) is 0 Å². The van der Waals surface area contributed by atoms with Gasteiger partial charge in [-0.25, -0.2) is 0 Å². The normalized spacial score (nSPS) is 26.9. The van der Waals surface area contributed by atoms with Crippen LogP contribution in [-0.4, -0.2) is 50.5 Å². The van der Waals surface area contributed by atoms with Gasteiger partial charge in [0.25, 0.3) is 0 Å². The molecule has 2 aliphatic rings. The highest BCUT2D eigenvalue weighted by atomic mass is 32.2. The van der Waals surface area contributed by atoms with Crippen LogP contribution in [0.5, 0.6) is 0 Å². The number of likely N-dealkylation sites (tertiary alicyclic amines) is 1. The number of nitrogens with one attached hydrogen (secondary N) is 1. The van der Waals surface area contributed by atoms with E-state index in [0.29, 0.717) is 12.8 Å². The number of benzene rings is 1. The Kier molecular flexibility index (Phi) is 4.88. The Balaban J connectivity index is 1.66. The van der Waals surface area contributed by atoms with Crippen molar-refractivity contribution in [2.24, 2.45) is 0 Å². The highest BCUT2D eigenvalue weighted by molar-refractivity contribution is 8.01. The minimum atomic E-state index is -0.916. The molecule has 2 amide bonds. The van der Waals surface area contributed by atoms with Crippen LogP contribution >= 0.6 is 11.8 Å². The number of carboxylic acid groups (broad SMARTS) is 1. The van der Waals surface area contributed by atoms with Crippen molar-refractivity contribution in [3.63, 3.8) is 0 Å². The fourth-order valence-electron chi connectivity index (χ4n) is 3.50. The Morgan fingerprint density at radius 1 is 1.24 bits per heavy atom. The summed E-state index contributed by atoms with van der Waals surface area (Å²) in [4.78, 5) is 37.7. The lowest BCUT2D eigenvalue weighted by atomic mass is 9.88. The van der Waals surface area contributed by atoms with E-state index < -0.39 is 16.8 Å². The Morgan fingerprint density at radius 3 is 2.36 bits per heavy atom. The Bertz CT molecular complexity index is 674. The Morgan fingerprint density at radius 2 is 1.84 bits per heavy atom. The van der Waals surface area contributed by atoms with Gasteiger partial charge in [0.1, 0.15) is 6.04 Å². The topological polar surface area (TPSA) is 86.7 Å². The fourth-order valence-corrected chi connectivity index (χ4v) is 4.96. The number of rotatable bonds is 4. The summed E-state index contributed by atoms with van der Waals surface area (Å²) in [5, 5.41) is 12.1. The third kappa shape index (κ3) is 3.72. The third-order valence-corrected chi connectivity index (χ3v) is 6.22. The van der Waals surface area contributed by atoms with Crippen LogP contribution in [0, 0.1) is 0 Å². The number of amides is 2. The molecule has 134 valence electrons. The van der Waals surface area contributed by atoms with E-state index in [0.717, 1.165) is 5.56 Å². The fraction of sp³-hybridized carbons (Fsp3) is 0.500. The van der Waals surface area contributed by atoms with Gasteiger partial charge in [-0.15, -0.1) is 11.8 Å². The number of piperidine rings is 1. The second-order valence-electron chi connectivity index (χ2n) is 7.06. The molecule has 0 aliphatic carbocycles. The van der Waals surface area contributed by atoms with E-state index in [1.165, 1.54) is 16.7 Å². The van der Waals surface area contributed by atoms with Gasteiger partial charge in [-0.1, -0.05) is 30.3 Å². The number of carbonyl (C=O) groups is 3. The monoisotopic (exact) mass is 362 g/mol. The molecule has 2 aliphatic heterocycles. The van der Waals surface area contributed by atoms with E-state index in [1.807, 2.05) is 44.2 Å². The molecule has 6 nitrogen and oxygen atoms in total. The van der Waals surface area contributed by atoms with Crippen LogP contribution in [0.3, 0.4) is 0 Å². The van der Waals surface area contributed by atoms with Gasteiger partial charge in [-0.3, -0.25) is 24.6 Å². The molecule has 2 saturated heterocycles. The predicted molar refractivity (Wildman–Crippen MR) is 95.2 cm³/mol. The molecule has 2 fully saturated rings. The first kappa shape index (κ1) is 17.9. The summed E-state index contributed by atoms with van der Waals surface area (Å²) in [5.74, 6) is -1.38. The second-order valence-corrected chi connectivity index (χ2v) is 8.92. The number of hydrogen-bond acceptors (Lipinski definition) is 5. The van der Waals surface area contributed by atoms with Crippen molar-refractivity contribution in [2.45, 2.75) is 48.8 Å². The van der Waals surface area contributed by atoms with Crippen LogP contribution in [-0.2, 0) is 14.4 Å².